The van der Waals surface area contributed by atoms with Crippen molar-refractivity contribution in [1.29, 1.82) is 0 Å². The van der Waals surface area contributed by atoms with E-state index in [9.17, 15) is 4.79 Å². The van der Waals surface area contributed by atoms with E-state index in [4.69, 9.17) is 0 Å². The molecule has 1 aliphatic heterocycles. The smallest absolute Gasteiger partial charge is 0.257 e. The highest BCUT2D eigenvalue weighted by atomic mass is 16.2. The van der Waals surface area contributed by atoms with Crippen molar-refractivity contribution in [3.05, 3.63) is 60.2 Å². The summed E-state index contributed by atoms with van der Waals surface area (Å²) in [7, 11) is 0. The molecule has 3 heterocycles. The standard InChI is InChI=1S/C21H25N5O/c1-3-25-14-18(13-23-25)21(27)24-11-7-10-19(15-24)26-16(2)12-22-20(26)17-8-5-4-6-9-17/h4-6,8-9,12-14,19H,3,7,10-11,15H2,1-2H3. The molecule has 1 atom stereocenters. The van der Waals surface area contributed by atoms with E-state index >= 15 is 0 Å². The molecule has 2 aromatic heterocycles. The average molecular weight is 363 g/mol. The third-order valence-electron chi connectivity index (χ3n) is 5.27. The molecule has 0 N–H and O–H groups in total. The fourth-order valence-corrected chi connectivity index (χ4v) is 3.89. The Balaban J connectivity index is 1.59. The second-order valence-electron chi connectivity index (χ2n) is 7.09. The number of piperidine rings is 1. The summed E-state index contributed by atoms with van der Waals surface area (Å²) in [6.45, 7) is 6.37. The van der Waals surface area contributed by atoms with E-state index in [1.165, 1.54) is 0 Å². The molecule has 6 heteroatoms. The van der Waals surface area contributed by atoms with Gasteiger partial charge in [-0.2, -0.15) is 5.10 Å². The van der Waals surface area contributed by atoms with Gasteiger partial charge in [-0.05, 0) is 26.7 Å². The Hall–Kier alpha value is -2.89. The van der Waals surface area contributed by atoms with Crippen LogP contribution in [0.4, 0.5) is 0 Å². The lowest BCUT2D eigenvalue weighted by atomic mass is 10.0. The van der Waals surface area contributed by atoms with Crippen LogP contribution in [0.2, 0.25) is 0 Å². The topological polar surface area (TPSA) is 56.0 Å². The Labute approximate surface area is 159 Å². The molecule has 1 aliphatic rings. The van der Waals surface area contributed by atoms with Crippen LogP contribution in [0.3, 0.4) is 0 Å². The molecular formula is C21H25N5O. The molecule has 0 saturated carbocycles. The van der Waals surface area contributed by atoms with Crippen LogP contribution in [-0.4, -0.2) is 43.2 Å². The maximum atomic E-state index is 12.9. The molecular weight excluding hydrogens is 338 g/mol. The van der Waals surface area contributed by atoms with Crippen molar-refractivity contribution in [2.75, 3.05) is 13.1 Å². The van der Waals surface area contributed by atoms with Gasteiger partial charge in [-0.1, -0.05) is 30.3 Å². The number of likely N-dealkylation sites (tertiary alicyclic amines) is 1. The molecule has 3 aromatic rings. The van der Waals surface area contributed by atoms with Gasteiger partial charge >= 0.3 is 0 Å². The number of hydrogen-bond donors (Lipinski definition) is 0. The molecule has 0 bridgehead atoms. The van der Waals surface area contributed by atoms with Gasteiger partial charge < -0.3 is 9.47 Å². The van der Waals surface area contributed by atoms with E-state index in [0.29, 0.717) is 12.1 Å². The molecule has 0 aliphatic carbocycles. The van der Waals surface area contributed by atoms with Crippen LogP contribution in [0.25, 0.3) is 11.4 Å². The molecule has 1 unspecified atom stereocenters. The number of imidazole rings is 1. The summed E-state index contributed by atoms with van der Waals surface area (Å²) in [5.74, 6) is 1.05. The summed E-state index contributed by atoms with van der Waals surface area (Å²) in [5, 5.41) is 4.24. The van der Waals surface area contributed by atoms with E-state index in [0.717, 1.165) is 43.0 Å². The fourth-order valence-electron chi connectivity index (χ4n) is 3.89. The second kappa shape index (κ2) is 7.39. The highest BCUT2D eigenvalue weighted by molar-refractivity contribution is 5.93. The minimum Gasteiger partial charge on any atom is -0.336 e. The largest absolute Gasteiger partial charge is 0.336 e. The Bertz CT molecular complexity index is 927. The molecule has 27 heavy (non-hydrogen) atoms. The van der Waals surface area contributed by atoms with E-state index in [-0.39, 0.29) is 11.9 Å². The zero-order chi connectivity index (χ0) is 18.8. The number of rotatable bonds is 4. The van der Waals surface area contributed by atoms with Crippen LogP contribution in [0.1, 0.15) is 41.9 Å². The predicted octanol–water partition coefficient (Wildman–Crippen LogP) is 3.55. The van der Waals surface area contributed by atoms with E-state index in [1.807, 2.05) is 42.4 Å². The van der Waals surface area contributed by atoms with Crippen molar-refractivity contribution in [3.8, 4) is 11.4 Å². The number of hydrogen-bond acceptors (Lipinski definition) is 3. The van der Waals surface area contributed by atoms with Gasteiger partial charge in [-0.15, -0.1) is 0 Å². The third-order valence-corrected chi connectivity index (χ3v) is 5.27. The molecule has 1 saturated heterocycles. The van der Waals surface area contributed by atoms with Gasteiger partial charge in [0.05, 0.1) is 17.8 Å². The number of benzene rings is 1. The van der Waals surface area contributed by atoms with E-state index in [1.54, 1.807) is 10.9 Å². The molecule has 140 valence electrons. The van der Waals surface area contributed by atoms with Gasteiger partial charge in [0.1, 0.15) is 5.82 Å². The van der Waals surface area contributed by atoms with Crippen LogP contribution in [0, 0.1) is 6.92 Å². The monoisotopic (exact) mass is 363 g/mol. The first-order valence-corrected chi connectivity index (χ1v) is 9.58. The van der Waals surface area contributed by atoms with E-state index < -0.39 is 0 Å². The molecule has 4 rings (SSSR count). The zero-order valence-electron chi connectivity index (χ0n) is 15.9. The summed E-state index contributed by atoms with van der Waals surface area (Å²) < 4.78 is 4.09. The first-order valence-electron chi connectivity index (χ1n) is 9.58. The summed E-state index contributed by atoms with van der Waals surface area (Å²) in [6, 6.07) is 10.5. The molecule has 0 radical (unpaired) electrons. The Morgan fingerprint density at radius 1 is 1.22 bits per heavy atom. The minimum atomic E-state index is 0.0680. The first kappa shape index (κ1) is 17.5. The summed E-state index contributed by atoms with van der Waals surface area (Å²) in [5.41, 5.74) is 2.91. The molecule has 1 amide bonds. The van der Waals surface area contributed by atoms with Crippen LogP contribution < -0.4 is 0 Å². The summed E-state index contributed by atoms with van der Waals surface area (Å²) in [6.07, 6.45) is 7.48. The SMILES string of the molecule is CCn1cc(C(=O)N2CCCC(n3c(C)cnc3-c3ccccc3)C2)cn1. The van der Waals surface area contributed by atoms with Gasteiger partial charge in [0, 0.05) is 43.3 Å². The highest BCUT2D eigenvalue weighted by Gasteiger charge is 2.28. The number of carbonyl (C=O) groups is 1. The van der Waals surface area contributed by atoms with E-state index in [2.05, 4.69) is 33.7 Å². The average Bonchev–Trinajstić information content (AvgIpc) is 3.35. The number of nitrogens with zero attached hydrogens (tertiary/aromatic N) is 5. The highest BCUT2D eigenvalue weighted by Crippen LogP contribution is 2.29. The van der Waals surface area contributed by atoms with Crippen LogP contribution in [0.5, 0.6) is 0 Å². The lowest BCUT2D eigenvalue weighted by molar-refractivity contribution is 0.0679. The van der Waals surface area contributed by atoms with Gasteiger partial charge in [-0.3, -0.25) is 9.48 Å². The van der Waals surface area contributed by atoms with Crippen LogP contribution in [0.15, 0.2) is 48.9 Å². The summed E-state index contributed by atoms with van der Waals surface area (Å²) in [4.78, 5) is 19.5. The number of carbonyl (C=O) groups excluding carboxylic acids is 1. The van der Waals surface area contributed by atoms with Crippen molar-refractivity contribution in [2.24, 2.45) is 0 Å². The second-order valence-corrected chi connectivity index (χ2v) is 7.09. The Morgan fingerprint density at radius 3 is 2.78 bits per heavy atom. The Kier molecular flexibility index (Phi) is 4.79. The molecule has 6 nitrogen and oxygen atoms in total. The lowest BCUT2D eigenvalue weighted by Crippen LogP contribution is -2.41. The normalized spacial score (nSPS) is 17.3. The number of aryl methyl sites for hydroxylation is 2. The van der Waals surface area contributed by atoms with Gasteiger partial charge in [0.2, 0.25) is 0 Å². The lowest BCUT2D eigenvalue weighted by Gasteiger charge is -2.34. The van der Waals surface area contributed by atoms with Gasteiger partial charge in [0.15, 0.2) is 0 Å². The Morgan fingerprint density at radius 2 is 2.04 bits per heavy atom. The van der Waals surface area contributed by atoms with Crippen molar-refractivity contribution in [2.45, 2.75) is 39.3 Å². The van der Waals surface area contributed by atoms with Crippen LogP contribution >= 0.6 is 0 Å². The van der Waals surface area contributed by atoms with Gasteiger partial charge in [0.25, 0.3) is 5.91 Å². The van der Waals surface area contributed by atoms with Crippen LogP contribution in [-0.2, 0) is 6.54 Å². The first-order chi connectivity index (χ1) is 13.2. The predicted molar refractivity (Wildman–Crippen MR) is 104 cm³/mol. The zero-order valence-corrected chi connectivity index (χ0v) is 15.9. The summed E-state index contributed by atoms with van der Waals surface area (Å²) >= 11 is 0. The van der Waals surface area contributed by atoms with Crippen molar-refractivity contribution in [3.63, 3.8) is 0 Å². The van der Waals surface area contributed by atoms with Crippen molar-refractivity contribution in [1.82, 2.24) is 24.2 Å². The quantitative estimate of drug-likeness (QED) is 0.712. The number of aromatic nitrogens is 4. The molecule has 1 fully saturated rings. The number of amides is 1. The van der Waals surface area contributed by atoms with Crippen molar-refractivity contribution >= 4 is 5.91 Å². The molecule has 1 aromatic carbocycles. The minimum absolute atomic E-state index is 0.0680. The third kappa shape index (κ3) is 3.39. The van der Waals surface area contributed by atoms with Crippen molar-refractivity contribution < 1.29 is 4.79 Å². The maximum absolute atomic E-state index is 12.9. The van der Waals surface area contributed by atoms with Gasteiger partial charge in [-0.25, -0.2) is 4.98 Å². The maximum Gasteiger partial charge on any atom is 0.257 e. The fraction of sp³-hybridized carbons (Fsp3) is 0.381. The molecule has 0 spiro atoms.